The van der Waals surface area contributed by atoms with Crippen LogP contribution in [-0.2, 0) is 0 Å². The van der Waals surface area contributed by atoms with E-state index in [2.05, 4.69) is 29.0 Å². The largest absolute Gasteiger partial charge is 0.396 e. The fourth-order valence-corrected chi connectivity index (χ4v) is 3.41. The van der Waals surface area contributed by atoms with Gasteiger partial charge in [0.15, 0.2) is 0 Å². The minimum Gasteiger partial charge on any atom is -0.396 e. The van der Waals surface area contributed by atoms with Crippen molar-refractivity contribution in [1.82, 2.24) is 15.1 Å². The van der Waals surface area contributed by atoms with Crippen LogP contribution >= 0.6 is 0 Å². The highest BCUT2D eigenvalue weighted by Gasteiger charge is 2.31. The third-order valence-corrected chi connectivity index (χ3v) is 4.56. The van der Waals surface area contributed by atoms with Gasteiger partial charge in [-0.25, -0.2) is 0 Å². The van der Waals surface area contributed by atoms with Gasteiger partial charge in [-0.15, -0.1) is 0 Å². The molecule has 4 nitrogen and oxygen atoms in total. The molecule has 0 radical (unpaired) electrons. The van der Waals surface area contributed by atoms with Crippen LogP contribution < -0.4 is 5.32 Å². The van der Waals surface area contributed by atoms with Crippen LogP contribution in [0.5, 0.6) is 0 Å². The average molecular weight is 255 g/mol. The first-order valence-corrected chi connectivity index (χ1v) is 7.53. The number of aliphatic hydroxyl groups is 1. The Morgan fingerprint density at radius 2 is 1.94 bits per heavy atom. The lowest BCUT2D eigenvalue weighted by Crippen LogP contribution is -2.58. The Bertz CT molecular complexity index is 237. The van der Waals surface area contributed by atoms with Crippen molar-refractivity contribution in [2.45, 2.75) is 51.2 Å². The molecule has 106 valence electrons. The highest BCUT2D eigenvalue weighted by molar-refractivity contribution is 4.88. The Morgan fingerprint density at radius 3 is 2.56 bits per heavy atom. The van der Waals surface area contributed by atoms with E-state index in [4.69, 9.17) is 0 Å². The van der Waals surface area contributed by atoms with Gasteiger partial charge in [0.2, 0.25) is 0 Å². The molecule has 2 heterocycles. The summed E-state index contributed by atoms with van der Waals surface area (Å²) in [6.45, 7) is 10.7. The van der Waals surface area contributed by atoms with Crippen LogP contribution in [0, 0.1) is 0 Å². The molecule has 2 aliphatic rings. The van der Waals surface area contributed by atoms with Gasteiger partial charge in [-0.2, -0.15) is 0 Å². The summed E-state index contributed by atoms with van der Waals surface area (Å²) in [5.74, 6) is 0. The van der Waals surface area contributed by atoms with Gasteiger partial charge in [-0.1, -0.05) is 0 Å². The lowest BCUT2D eigenvalue weighted by Gasteiger charge is -2.45. The van der Waals surface area contributed by atoms with Crippen molar-refractivity contribution in [3.8, 4) is 0 Å². The molecule has 2 fully saturated rings. The predicted octanol–water partition coefficient (Wildman–Crippen LogP) is 0.515. The molecular formula is C14H29N3O. The van der Waals surface area contributed by atoms with E-state index in [1.807, 2.05) is 0 Å². The second-order valence-electron chi connectivity index (χ2n) is 5.97. The molecule has 2 rings (SSSR count). The Hall–Kier alpha value is -0.160. The molecule has 0 spiro atoms. The average Bonchev–Trinajstić information content (AvgIpc) is 2.40. The van der Waals surface area contributed by atoms with Crippen molar-refractivity contribution in [1.29, 1.82) is 0 Å². The third kappa shape index (κ3) is 3.44. The quantitative estimate of drug-likeness (QED) is 0.768. The summed E-state index contributed by atoms with van der Waals surface area (Å²) in [5, 5.41) is 12.6. The molecule has 2 saturated heterocycles. The minimum absolute atomic E-state index is 0.313. The smallest absolute Gasteiger partial charge is 0.0446 e. The molecule has 4 heteroatoms. The van der Waals surface area contributed by atoms with Gasteiger partial charge in [-0.3, -0.25) is 4.90 Å². The summed E-state index contributed by atoms with van der Waals surface area (Å²) < 4.78 is 0. The summed E-state index contributed by atoms with van der Waals surface area (Å²) >= 11 is 0. The summed E-state index contributed by atoms with van der Waals surface area (Å²) in [6.07, 6.45) is 3.50. The van der Waals surface area contributed by atoms with E-state index >= 15 is 0 Å². The lowest BCUT2D eigenvalue weighted by atomic mass is 9.98. The van der Waals surface area contributed by atoms with Gasteiger partial charge in [-0.05, 0) is 46.2 Å². The predicted molar refractivity (Wildman–Crippen MR) is 74.8 cm³/mol. The Balaban J connectivity index is 1.86. The van der Waals surface area contributed by atoms with E-state index < -0.39 is 0 Å². The third-order valence-electron chi connectivity index (χ3n) is 4.56. The van der Waals surface area contributed by atoms with Crippen molar-refractivity contribution >= 4 is 0 Å². The van der Waals surface area contributed by atoms with Gasteiger partial charge in [0, 0.05) is 44.4 Å². The van der Waals surface area contributed by atoms with Crippen LogP contribution in [0.2, 0.25) is 0 Å². The van der Waals surface area contributed by atoms with Gasteiger partial charge in [0.25, 0.3) is 0 Å². The van der Waals surface area contributed by atoms with Crippen LogP contribution in [-0.4, -0.2) is 72.4 Å². The first kappa shape index (κ1) is 14.3. The van der Waals surface area contributed by atoms with Crippen molar-refractivity contribution < 1.29 is 5.11 Å². The van der Waals surface area contributed by atoms with Gasteiger partial charge in [0.1, 0.15) is 0 Å². The van der Waals surface area contributed by atoms with E-state index in [1.165, 1.54) is 25.9 Å². The molecule has 0 aliphatic carbocycles. The molecule has 18 heavy (non-hydrogen) atoms. The van der Waals surface area contributed by atoms with Crippen LogP contribution in [0.25, 0.3) is 0 Å². The number of nitrogens with one attached hydrogen (secondary N) is 1. The second kappa shape index (κ2) is 6.85. The van der Waals surface area contributed by atoms with Crippen LogP contribution in [0.15, 0.2) is 0 Å². The van der Waals surface area contributed by atoms with E-state index in [1.54, 1.807) is 0 Å². The Labute approximate surface area is 111 Å². The second-order valence-corrected chi connectivity index (χ2v) is 5.97. The number of rotatable bonds is 4. The SMILES string of the molecule is CC(C)N1CCC(N2CCNCC2CCO)CC1. The molecule has 1 atom stereocenters. The molecular weight excluding hydrogens is 226 g/mol. The summed E-state index contributed by atoms with van der Waals surface area (Å²) in [4.78, 5) is 5.24. The topological polar surface area (TPSA) is 38.7 Å². The standard InChI is InChI=1S/C14H29N3O/c1-12(2)16-7-3-13(4-8-16)17-9-6-15-11-14(17)5-10-18/h12-15,18H,3-11H2,1-2H3. The first-order valence-electron chi connectivity index (χ1n) is 7.53. The number of likely N-dealkylation sites (tertiary alicyclic amines) is 1. The summed E-state index contributed by atoms with van der Waals surface area (Å²) in [5.41, 5.74) is 0. The monoisotopic (exact) mass is 255 g/mol. The number of hydrogen-bond donors (Lipinski definition) is 2. The fourth-order valence-electron chi connectivity index (χ4n) is 3.41. The van der Waals surface area contributed by atoms with Crippen LogP contribution in [0.3, 0.4) is 0 Å². The Morgan fingerprint density at radius 1 is 1.22 bits per heavy atom. The zero-order valence-corrected chi connectivity index (χ0v) is 11.9. The molecule has 0 bridgehead atoms. The van der Waals surface area contributed by atoms with Crippen molar-refractivity contribution in [3.63, 3.8) is 0 Å². The van der Waals surface area contributed by atoms with E-state index in [-0.39, 0.29) is 0 Å². The zero-order valence-electron chi connectivity index (χ0n) is 11.9. The van der Waals surface area contributed by atoms with E-state index in [0.717, 1.165) is 32.1 Å². The van der Waals surface area contributed by atoms with Crippen molar-refractivity contribution in [2.75, 3.05) is 39.3 Å². The first-order chi connectivity index (χ1) is 8.72. The summed E-state index contributed by atoms with van der Waals surface area (Å²) in [7, 11) is 0. The van der Waals surface area contributed by atoms with Gasteiger partial charge < -0.3 is 15.3 Å². The molecule has 0 aromatic heterocycles. The van der Waals surface area contributed by atoms with Crippen LogP contribution in [0.1, 0.15) is 33.1 Å². The Kier molecular flexibility index (Phi) is 5.42. The molecule has 2 aliphatic heterocycles. The number of nitrogens with zero attached hydrogens (tertiary/aromatic N) is 2. The zero-order chi connectivity index (χ0) is 13.0. The highest BCUT2D eigenvalue weighted by Crippen LogP contribution is 2.22. The maximum absolute atomic E-state index is 9.19. The number of hydrogen-bond acceptors (Lipinski definition) is 4. The molecule has 0 aromatic carbocycles. The highest BCUT2D eigenvalue weighted by atomic mass is 16.3. The van der Waals surface area contributed by atoms with Crippen molar-refractivity contribution in [3.05, 3.63) is 0 Å². The number of piperazine rings is 1. The lowest BCUT2D eigenvalue weighted by molar-refractivity contribution is 0.0401. The maximum atomic E-state index is 9.19. The number of piperidine rings is 1. The molecule has 0 saturated carbocycles. The van der Waals surface area contributed by atoms with Crippen LogP contribution in [0.4, 0.5) is 0 Å². The normalized spacial score (nSPS) is 29.0. The molecule has 0 aromatic rings. The van der Waals surface area contributed by atoms with Gasteiger partial charge in [0.05, 0.1) is 0 Å². The fraction of sp³-hybridized carbons (Fsp3) is 1.00. The molecule has 2 N–H and O–H groups in total. The van der Waals surface area contributed by atoms with Gasteiger partial charge >= 0.3 is 0 Å². The van der Waals surface area contributed by atoms with Crippen molar-refractivity contribution in [2.24, 2.45) is 0 Å². The number of aliphatic hydroxyl groups excluding tert-OH is 1. The maximum Gasteiger partial charge on any atom is 0.0446 e. The minimum atomic E-state index is 0.313. The van der Waals surface area contributed by atoms with E-state index in [0.29, 0.717) is 18.7 Å². The molecule has 1 unspecified atom stereocenters. The van der Waals surface area contributed by atoms with E-state index in [9.17, 15) is 5.11 Å². The molecule has 0 amide bonds. The summed E-state index contributed by atoms with van der Waals surface area (Å²) in [6, 6.07) is 1.96.